The van der Waals surface area contributed by atoms with E-state index in [9.17, 15) is 0 Å². The van der Waals surface area contributed by atoms with Crippen molar-refractivity contribution in [2.45, 2.75) is 13.5 Å². The Morgan fingerprint density at radius 1 is 0.966 bits per heavy atom. The lowest BCUT2D eigenvalue weighted by molar-refractivity contribution is 0.122. The molecular weight excluding hydrogens is 360 g/mol. The maximum absolute atomic E-state index is 5.88. The van der Waals surface area contributed by atoms with Crippen LogP contribution in [0.1, 0.15) is 16.7 Å². The summed E-state index contributed by atoms with van der Waals surface area (Å²) in [5.41, 5.74) is 5.64. The molecule has 29 heavy (non-hydrogen) atoms. The first kappa shape index (κ1) is 19.2. The summed E-state index contributed by atoms with van der Waals surface area (Å²) in [7, 11) is 0. The van der Waals surface area contributed by atoms with E-state index in [4.69, 9.17) is 9.47 Å². The zero-order chi connectivity index (χ0) is 19.9. The van der Waals surface area contributed by atoms with E-state index in [1.54, 1.807) is 0 Å². The number of hydrogen-bond acceptors (Lipinski definition) is 4. The van der Waals surface area contributed by atoms with Crippen LogP contribution >= 0.6 is 0 Å². The normalized spacial score (nSPS) is 14.3. The van der Waals surface area contributed by atoms with Crippen LogP contribution in [0.4, 0.5) is 11.4 Å². The van der Waals surface area contributed by atoms with Gasteiger partial charge in [0.1, 0.15) is 12.4 Å². The molecule has 0 spiro atoms. The summed E-state index contributed by atoms with van der Waals surface area (Å²) in [6.45, 7) is 6.15. The van der Waals surface area contributed by atoms with E-state index in [0.29, 0.717) is 6.61 Å². The lowest BCUT2D eigenvalue weighted by atomic mass is 10.1. The molecule has 0 unspecified atom stereocenters. The fourth-order valence-corrected chi connectivity index (χ4v) is 3.34. The molecule has 1 fully saturated rings. The molecule has 0 aliphatic carbocycles. The lowest BCUT2D eigenvalue weighted by Crippen LogP contribution is -2.36. The molecule has 1 saturated heterocycles. The zero-order valence-electron chi connectivity index (χ0n) is 16.8. The van der Waals surface area contributed by atoms with Crippen LogP contribution in [0.15, 0.2) is 77.8 Å². The second-order valence-electron chi connectivity index (χ2n) is 7.22. The Balaban J connectivity index is 1.32. The number of morpholine rings is 1. The third-order valence-electron chi connectivity index (χ3n) is 4.96. The van der Waals surface area contributed by atoms with Crippen molar-refractivity contribution in [1.29, 1.82) is 0 Å². The molecule has 0 radical (unpaired) electrons. The summed E-state index contributed by atoms with van der Waals surface area (Å²) >= 11 is 0. The van der Waals surface area contributed by atoms with Crippen LogP contribution in [0.3, 0.4) is 0 Å². The zero-order valence-corrected chi connectivity index (χ0v) is 16.8. The summed E-state index contributed by atoms with van der Waals surface area (Å²) < 4.78 is 11.3. The van der Waals surface area contributed by atoms with Crippen molar-refractivity contribution in [3.63, 3.8) is 0 Å². The second-order valence-corrected chi connectivity index (χ2v) is 7.22. The van der Waals surface area contributed by atoms with E-state index < -0.39 is 0 Å². The molecule has 148 valence electrons. The van der Waals surface area contributed by atoms with E-state index in [1.807, 2.05) is 30.5 Å². The molecule has 4 nitrogen and oxygen atoms in total. The van der Waals surface area contributed by atoms with Gasteiger partial charge >= 0.3 is 0 Å². The van der Waals surface area contributed by atoms with Gasteiger partial charge in [0.25, 0.3) is 0 Å². The average molecular weight is 386 g/mol. The van der Waals surface area contributed by atoms with Gasteiger partial charge in [0.05, 0.1) is 18.9 Å². The van der Waals surface area contributed by atoms with Gasteiger partial charge in [-0.1, -0.05) is 29.8 Å². The second kappa shape index (κ2) is 9.39. The smallest absolute Gasteiger partial charge is 0.119 e. The summed E-state index contributed by atoms with van der Waals surface area (Å²) in [6, 6.07) is 24.8. The van der Waals surface area contributed by atoms with Crippen LogP contribution in [-0.4, -0.2) is 32.5 Å². The van der Waals surface area contributed by atoms with Crippen molar-refractivity contribution in [1.82, 2.24) is 0 Å². The molecule has 4 rings (SSSR count). The predicted molar refractivity (Wildman–Crippen MR) is 119 cm³/mol. The van der Waals surface area contributed by atoms with E-state index >= 15 is 0 Å². The van der Waals surface area contributed by atoms with E-state index in [2.05, 4.69) is 65.3 Å². The topological polar surface area (TPSA) is 34.1 Å². The minimum absolute atomic E-state index is 0.574. The molecule has 1 heterocycles. The third-order valence-corrected chi connectivity index (χ3v) is 4.96. The molecule has 1 aliphatic rings. The SMILES string of the molecule is Cc1cccc(COc2ccc(C=Nc3ccc(N4CCOCC4)cc3)cc2)c1. The highest BCUT2D eigenvalue weighted by Gasteiger charge is 2.10. The Labute approximate surface area is 172 Å². The number of nitrogens with zero attached hydrogens (tertiary/aromatic N) is 2. The first-order valence-electron chi connectivity index (χ1n) is 10.0. The number of aryl methyl sites for hydroxylation is 1. The van der Waals surface area contributed by atoms with Gasteiger partial charge in [-0.3, -0.25) is 4.99 Å². The molecule has 0 aromatic heterocycles. The van der Waals surface area contributed by atoms with Crippen molar-refractivity contribution >= 4 is 17.6 Å². The van der Waals surface area contributed by atoms with Crippen LogP contribution in [0.5, 0.6) is 5.75 Å². The first-order chi connectivity index (χ1) is 14.3. The van der Waals surface area contributed by atoms with Crippen LogP contribution in [0.2, 0.25) is 0 Å². The average Bonchev–Trinajstić information content (AvgIpc) is 2.78. The molecular formula is C25H26N2O2. The highest BCUT2D eigenvalue weighted by atomic mass is 16.5. The fraction of sp³-hybridized carbons (Fsp3) is 0.240. The summed E-state index contributed by atoms with van der Waals surface area (Å²) in [5.74, 6) is 0.860. The number of ether oxygens (including phenoxy) is 2. The van der Waals surface area contributed by atoms with Gasteiger partial charge in [-0.2, -0.15) is 0 Å². The molecule has 3 aromatic rings. The fourth-order valence-electron chi connectivity index (χ4n) is 3.34. The van der Waals surface area contributed by atoms with Crippen molar-refractivity contribution in [2.75, 3.05) is 31.2 Å². The predicted octanol–water partition coefficient (Wildman–Crippen LogP) is 5.16. The molecule has 0 saturated carbocycles. The number of rotatable bonds is 6. The monoisotopic (exact) mass is 386 g/mol. The van der Waals surface area contributed by atoms with Crippen LogP contribution in [-0.2, 0) is 11.3 Å². The van der Waals surface area contributed by atoms with Crippen molar-refractivity contribution in [3.05, 3.63) is 89.5 Å². The highest BCUT2D eigenvalue weighted by Crippen LogP contribution is 2.21. The third kappa shape index (κ3) is 5.46. The molecule has 0 N–H and O–H groups in total. The summed E-state index contributed by atoms with van der Waals surface area (Å²) in [4.78, 5) is 6.93. The van der Waals surface area contributed by atoms with E-state index in [-0.39, 0.29) is 0 Å². The summed E-state index contributed by atoms with van der Waals surface area (Å²) in [6.07, 6.45) is 1.88. The highest BCUT2D eigenvalue weighted by molar-refractivity contribution is 5.82. The van der Waals surface area contributed by atoms with Gasteiger partial charge < -0.3 is 14.4 Å². The lowest BCUT2D eigenvalue weighted by Gasteiger charge is -2.28. The Kier molecular flexibility index (Phi) is 6.22. The maximum atomic E-state index is 5.88. The molecule has 0 bridgehead atoms. The molecule has 0 amide bonds. The number of benzene rings is 3. The maximum Gasteiger partial charge on any atom is 0.119 e. The Morgan fingerprint density at radius 3 is 2.45 bits per heavy atom. The molecule has 0 atom stereocenters. The van der Waals surface area contributed by atoms with Gasteiger partial charge in [0.15, 0.2) is 0 Å². The van der Waals surface area contributed by atoms with Crippen molar-refractivity contribution < 1.29 is 9.47 Å². The standard InChI is InChI=1S/C25H26N2O2/c1-20-3-2-4-22(17-20)19-29-25-11-5-21(6-12-25)18-26-23-7-9-24(10-8-23)27-13-15-28-16-14-27/h2-12,17-18H,13-16,19H2,1H3. The number of aliphatic imine (C=N–C) groups is 1. The van der Waals surface area contributed by atoms with Gasteiger partial charge in [0.2, 0.25) is 0 Å². The van der Waals surface area contributed by atoms with Gasteiger partial charge in [-0.15, -0.1) is 0 Å². The number of anilines is 1. The first-order valence-corrected chi connectivity index (χ1v) is 10.0. The van der Waals surface area contributed by atoms with E-state index in [1.165, 1.54) is 16.8 Å². The Bertz CT molecular complexity index is 943. The number of hydrogen-bond donors (Lipinski definition) is 0. The molecule has 4 heteroatoms. The van der Waals surface area contributed by atoms with E-state index in [0.717, 1.165) is 43.3 Å². The quantitative estimate of drug-likeness (QED) is 0.549. The summed E-state index contributed by atoms with van der Waals surface area (Å²) in [5, 5.41) is 0. The molecule has 3 aromatic carbocycles. The van der Waals surface area contributed by atoms with Crippen LogP contribution in [0, 0.1) is 6.92 Å². The Morgan fingerprint density at radius 2 is 1.72 bits per heavy atom. The van der Waals surface area contributed by atoms with Gasteiger partial charge in [-0.25, -0.2) is 0 Å². The minimum Gasteiger partial charge on any atom is -0.489 e. The Hall–Kier alpha value is -3.11. The minimum atomic E-state index is 0.574. The van der Waals surface area contributed by atoms with Crippen LogP contribution in [0.25, 0.3) is 0 Å². The van der Waals surface area contributed by atoms with Gasteiger partial charge in [-0.05, 0) is 66.6 Å². The molecule has 1 aliphatic heterocycles. The largest absolute Gasteiger partial charge is 0.489 e. The van der Waals surface area contributed by atoms with Crippen molar-refractivity contribution in [3.8, 4) is 5.75 Å². The van der Waals surface area contributed by atoms with Crippen molar-refractivity contribution in [2.24, 2.45) is 4.99 Å². The van der Waals surface area contributed by atoms with Gasteiger partial charge in [0, 0.05) is 25.0 Å². The van der Waals surface area contributed by atoms with Crippen LogP contribution < -0.4 is 9.64 Å².